The molecule has 2 aromatic heterocycles. The van der Waals surface area contributed by atoms with Crippen LogP contribution < -0.4 is 0 Å². The van der Waals surface area contributed by atoms with Gasteiger partial charge in [0.15, 0.2) is 0 Å². The lowest BCUT2D eigenvalue weighted by Gasteiger charge is -2.28. The van der Waals surface area contributed by atoms with Crippen LogP contribution in [-0.2, 0) is 26.6 Å². The Morgan fingerprint density at radius 3 is 2.83 bits per heavy atom. The molecule has 23 heavy (non-hydrogen) atoms. The molecule has 0 bridgehead atoms. The van der Waals surface area contributed by atoms with Crippen LogP contribution in [-0.4, -0.2) is 26.0 Å². The molecular weight excluding hydrogens is 286 g/mol. The van der Waals surface area contributed by atoms with Gasteiger partial charge in [0.2, 0.25) is 0 Å². The summed E-state index contributed by atoms with van der Waals surface area (Å²) >= 11 is 0. The van der Waals surface area contributed by atoms with Crippen molar-refractivity contribution in [3.8, 4) is 6.07 Å². The molecule has 1 aliphatic heterocycles. The number of aromatic nitrogens is 3. The molecule has 0 saturated heterocycles. The van der Waals surface area contributed by atoms with Gasteiger partial charge >= 0.3 is 0 Å². The van der Waals surface area contributed by atoms with Crippen molar-refractivity contribution in [1.82, 2.24) is 19.4 Å². The van der Waals surface area contributed by atoms with E-state index in [0.29, 0.717) is 5.92 Å². The number of fused-ring (bicyclic) bond motifs is 1. The Labute approximate surface area is 137 Å². The third kappa shape index (κ3) is 2.99. The minimum Gasteiger partial charge on any atom is -0.340 e. The maximum Gasteiger partial charge on any atom is 0.131 e. The molecule has 0 spiro atoms. The lowest BCUT2D eigenvalue weighted by molar-refractivity contribution is 0.242. The number of nitriles is 1. The zero-order chi connectivity index (χ0) is 16.6. The minimum absolute atomic E-state index is 0.370. The van der Waals surface area contributed by atoms with Crippen LogP contribution in [0.3, 0.4) is 0 Å². The molecule has 0 aliphatic carbocycles. The van der Waals surface area contributed by atoms with Crippen molar-refractivity contribution in [3.63, 3.8) is 0 Å². The Bertz CT molecular complexity index is 766. The predicted octanol–water partition coefficient (Wildman–Crippen LogP) is 2.68. The highest BCUT2D eigenvalue weighted by Crippen LogP contribution is 2.22. The Morgan fingerprint density at radius 2 is 2.17 bits per heavy atom. The van der Waals surface area contributed by atoms with Gasteiger partial charge in [0.1, 0.15) is 17.6 Å². The molecule has 0 amide bonds. The molecule has 0 radical (unpaired) electrons. The van der Waals surface area contributed by atoms with E-state index in [1.807, 2.05) is 23.9 Å². The summed E-state index contributed by atoms with van der Waals surface area (Å²) in [4.78, 5) is 11.6. The highest BCUT2D eigenvalue weighted by atomic mass is 15.1. The van der Waals surface area contributed by atoms with E-state index in [-0.39, 0.29) is 0 Å². The van der Waals surface area contributed by atoms with E-state index in [1.54, 1.807) is 0 Å². The smallest absolute Gasteiger partial charge is 0.131 e. The van der Waals surface area contributed by atoms with Crippen LogP contribution in [0.2, 0.25) is 0 Å². The van der Waals surface area contributed by atoms with E-state index < -0.39 is 0 Å². The van der Waals surface area contributed by atoms with Gasteiger partial charge in [0.25, 0.3) is 0 Å². The van der Waals surface area contributed by atoms with Crippen molar-refractivity contribution in [2.24, 2.45) is 7.05 Å². The Morgan fingerprint density at radius 1 is 1.39 bits per heavy atom. The summed E-state index contributed by atoms with van der Waals surface area (Å²) in [5.74, 6) is 1.31. The van der Waals surface area contributed by atoms with Gasteiger partial charge in [-0.3, -0.25) is 4.90 Å². The molecule has 2 aromatic rings. The molecule has 3 rings (SSSR count). The van der Waals surface area contributed by atoms with Gasteiger partial charge in [-0.05, 0) is 18.6 Å². The summed E-state index contributed by atoms with van der Waals surface area (Å²) in [5.41, 5.74) is 5.54. The summed E-state index contributed by atoms with van der Waals surface area (Å²) in [6, 6.07) is 4.25. The van der Waals surface area contributed by atoms with Gasteiger partial charge in [0.05, 0.1) is 0 Å². The number of nitrogens with zero attached hydrogens (tertiary/aromatic N) is 5. The first-order valence-electron chi connectivity index (χ1n) is 8.12. The first-order valence-corrected chi connectivity index (χ1v) is 8.12. The summed E-state index contributed by atoms with van der Waals surface area (Å²) < 4.78 is 1.96. The van der Waals surface area contributed by atoms with E-state index in [9.17, 15) is 0 Å². The molecule has 3 heterocycles. The van der Waals surface area contributed by atoms with Crippen LogP contribution in [0.1, 0.15) is 53.8 Å². The van der Waals surface area contributed by atoms with E-state index in [0.717, 1.165) is 37.6 Å². The fraction of sp³-hybridized carbons (Fsp3) is 0.500. The topological polar surface area (TPSA) is 57.7 Å². The Kier molecular flexibility index (Phi) is 4.18. The molecule has 1 aliphatic rings. The largest absolute Gasteiger partial charge is 0.340 e. The van der Waals surface area contributed by atoms with Gasteiger partial charge in [-0.1, -0.05) is 13.8 Å². The van der Waals surface area contributed by atoms with Crippen LogP contribution in [0.15, 0.2) is 12.3 Å². The zero-order valence-electron chi connectivity index (χ0n) is 14.3. The van der Waals surface area contributed by atoms with Crippen LogP contribution in [0, 0.1) is 18.3 Å². The molecule has 5 nitrogen and oxygen atoms in total. The maximum absolute atomic E-state index is 9.16. The van der Waals surface area contributed by atoms with Crippen molar-refractivity contribution < 1.29 is 0 Å². The number of hydrogen-bond acceptors (Lipinski definition) is 4. The monoisotopic (exact) mass is 309 g/mol. The number of rotatable bonds is 3. The van der Waals surface area contributed by atoms with E-state index in [4.69, 9.17) is 10.2 Å². The van der Waals surface area contributed by atoms with Gasteiger partial charge in [0, 0.05) is 62.2 Å². The average Bonchev–Trinajstić information content (AvgIpc) is 2.82. The first-order chi connectivity index (χ1) is 11.0. The highest BCUT2D eigenvalue weighted by Gasteiger charge is 2.20. The van der Waals surface area contributed by atoms with Crippen LogP contribution >= 0.6 is 0 Å². The van der Waals surface area contributed by atoms with Crippen molar-refractivity contribution in [2.45, 2.75) is 46.2 Å². The zero-order valence-corrected chi connectivity index (χ0v) is 14.3. The highest BCUT2D eigenvalue weighted by molar-refractivity contribution is 5.34. The average molecular weight is 309 g/mol. The summed E-state index contributed by atoms with van der Waals surface area (Å²) in [5, 5.41) is 9.16. The second-order valence-electron chi connectivity index (χ2n) is 6.63. The van der Waals surface area contributed by atoms with Gasteiger partial charge in [-0.25, -0.2) is 9.97 Å². The normalized spacial score (nSPS) is 14.8. The van der Waals surface area contributed by atoms with Gasteiger partial charge in [-0.2, -0.15) is 5.26 Å². The quantitative estimate of drug-likeness (QED) is 0.874. The molecule has 5 heteroatoms. The van der Waals surface area contributed by atoms with E-state index in [2.05, 4.69) is 36.7 Å². The van der Waals surface area contributed by atoms with Gasteiger partial charge < -0.3 is 4.57 Å². The van der Waals surface area contributed by atoms with Gasteiger partial charge in [-0.15, -0.1) is 0 Å². The third-order valence-electron chi connectivity index (χ3n) is 4.70. The SMILES string of the molecule is Cc1c(CN2CCc3nc(C(C)C)ncc3C2)cc(C#N)n1C. The van der Waals surface area contributed by atoms with Crippen molar-refractivity contribution in [1.29, 1.82) is 5.26 Å². The van der Waals surface area contributed by atoms with Crippen LogP contribution in [0.25, 0.3) is 0 Å². The molecular formula is C18H23N5. The molecule has 0 unspecified atom stereocenters. The second kappa shape index (κ2) is 6.13. The fourth-order valence-electron chi connectivity index (χ4n) is 3.07. The minimum atomic E-state index is 0.370. The molecule has 0 saturated carbocycles. The lowest BCUT2D eigenvalue weighted by Crippen LogP contribution is -2.31. The molecule has 120 valence electrons. The molecule has 0 fully saturated rings. The van der Waals surface area contributed by atoms with Crippen LogP contribution in [0.5, 0.6) is 0 Å². The van der Waals surface area contributed by atoms with E-state index >= 15 is 0 Å². The van der Waals surface area contributed by atoms with Crippen molar-refractivity contribution in [3.05, 3.63) is 46.3 Å². The summed E-state index contributed by atoms with van der Waals surface area (Å²) in [6.45, 7) is 9.07. The van der Waals surface area contributed by atoms with E-state index in [1.165, 1.54) is 22.5 Å². The third-order valence-corrected chi connectivity index (χ3v) is 4.70. The predicted molar refractivity (Wildman–Crippen MR) is 88.8 cm³/mol. The Hall–Kier alpha value is -2.19. The lowest BCUT2D eigenvalue weighted by atomic mass is 10.1. The van der Waals surface area contributed by atoms with Crippen molar-refractivity contribution >= 4 is 0 Å². The summed E-state index contributed by atoms with van der Waals surface area (Å²) in [6.07, 6.45) is 2.96. The molecule has 0 aromatic carbocycles. The standard InChI is InChI=1S/C18H23N5/c1-12(2)18-20-9-15-11-23(6-5-17(15)21-18)10-14-7-16(8-19)22(4)13(14)3/h7,9,12H,5-6,10-11H2,1-4H3. The molecule has 0 atom stereocenters. The maximum atomic E-state index is 9.16. The second-order valence-corrected chi connectivity index (χ2v) is 6.63. The fourth-order valence-corrected chi connectivity index (χ4v) is 3.07. The van der Waals surface area contributed by atoms with Crippen molar-refractivity contribution in [2.75, 3.05) is 6.54 Å². The number of hydrogen-bond donors (Lipinski definition) is 0. The molecule has 0 N–H and O–H groups in total. The summed E-state index contributed by atoms with van der Waals surface area (Å²) in [7, 11) is 1.95. The first kappa shape index (κ1) is 15.7. The Balaban J connectivity index is 1.77. The van der Waals surface area contributed by atoms with Crippen LogP contribution in [0.4, 0.5) is 0 Å².